The van der Waals surface area contributed by atoms with Crippen LogP contribution in [0, 0.1) is 0 Å². The molecule has 5 aromatic rings. The summed E-state index contributed by atoms with van der Waals surface area (Å²) in [4.78, 5) is 56.1. The Kier molecular flexibility index (Phi) is 8.16. The van der Waals surface area contributed by atoms with Gasteiger partial charge < -0.3 is 19.3 Å². The summed E-state index contributed by atoms with van der Waals surface area (Å²) >= 11 is 14.0. The number of carbonyl (C=O) groups excluding carboxylic acids is 4. The van der Waals surface area contributed by atoms with E-state index in [-0.39, 0.29) is 23.7 Å². The van der Waals surface area contributed by atoms with Crippen molar-refractivity contribution in [3.8, 4) is 11.5 Å². The predicted molar refractivity (Wildman–Crippen MR) is 185 cm³/mol. The van der Waals surface area contributed by atoms with Gasteiger partial charge in [0.1, 0.15) is 11.5 Å². The van der Waals surface area contributed by atoms with Crippen LogP contribution in [0.1, 0.15) is 56.2 Å². The molecule has 2 aliphatic heterocycles. The largest absolute Gasteiger partial charge is 0.426 e. The minimum absolute atomic E-state index is 0.136. The Balaban J connectivity index is 1.24. The molecular weight excluding hydrogens is 659 g/mol. The molecule has 0 fully saturated rings. The highest BCUT2D eigenvalue weighted by molar-refractivity contribution is 7.16. The zero-order valence-electron chi connectivity index (χ0n) is 25.4. The van der Waals surface area contributed by atoms with Crippen LogP contribution in [0.25, 0.3) is 21.5 Å². The first-order valence-electron chi connectivity index (χ1n) is 15.0. The highest BCUT2D eigenvalue weighted by Crippen LogP contribution is 2.48. The first kappa shape index (κ1) is 31.2. The van der Waals surface area contributed by atoms with Crippen molar-refractivity contribution >= 4 is 91.2 Å². The van der Waals surface area contributed by atoms with E-state index in [0.717, 1.165) is 44.0 Å². The van der Waals surface area contributed by atoms with Gasteiger partial charge in [-0.05, 0) is 34.0 Å². The molecule has 11 heteroatoms. The summed E-state index contributed by atoms with van der Waals surface area (Å²) in [5.74, 6) is -0.447. The molecule has 0 radical (unpaired) electrons. The number of ether oxygens (including phenoxy) is 2. The zero-order valence-corrected chi connectivity index (χ0v) is 27.7. The average molecular weight is 688 g/mol. The molecule has 0 spiro atoms. The van der Waals surface area contributed by atoms with Gasteiger partial charge in [-0.2, -0.15) is 0 Å². The van der Waals surface area contributed by atoms with E-state index in [4.69, 9.17) is 32.7 Å². The van der Waals surface area contributed by atoms with Crippen molar-refractivity contribution in [2.45, 2.75) is 25.7 Å². The number of esters is 2. The number of fused-ring (bicyclic) bond motifs is 6. The van der Waals surface area contributed by atoms with E-state index < -0.39 is 11.9 Å². The minimum atomic E-state index is -0.464. The highest BCUT2D eigenvalue weighted by Gasteiger charge is 2.38. The molecule has 4 aromatic carbocycles. The second-order valence-corrected chi connectivity index (χ2v) is 13.3. The lowest BCUT2D eigenvalue weighted by Gasteiger charge is -2.19. The number of alkyl halides is 2. The Morgan fingerprint density at radius 1 is 0.660 bits per heavy atom. The Bertz CT molecular complexity index is 1980. The lowest BCUT2D eigenvalue weighted by atomic mass is 9.95. The summed E-state index contributed by atoms with van der Waals surface area (Å²) in [6, 6.07) is 21.9. The number of amides is 2. The molecule has 2 amide bonds. The lowest BCUT2D eigenvalue weighted by molar-refractivity contribution is -0.132. The fraction of sp³-hybridized carbons (Fsp3) is 0.222. The second-order valence-electron chi connectivity index (χ2n) is 11.6. The molecule has 0 N–H and O–H groups in total. The third-order valence-corrected chi connectivity index (χ3v) is 10.5. The number of thiophene rings is 1. The molecule has 47 heavy (non-hydrogen) atoms. The number of anilines is 2. The minimum Gasteiger partial charge on any atom is -0.426 e. The van der Waals surface area contributed by atoms with Gasteiger partial charge in [0.05, 0.1) is 21.1 Å². The van der Waals surface area contributed by atoms with Gasteiger partial charge in [0.15, 0.2) is 0 Å². The summed E-state index contributed by atoms with van der Waals surface area (Å²) < 4.78 is 11.1. The van der Waals surface area contributed by atoms with Crippen LogP contribution in [-0.4, -0.2) is 48.6 Å². The monoisotopic (exact) mass is 686 g/mol. The smallest absolute Gasteiger partial charge is 0.308 e. The molecule has 2 aliphatic rings. The molecule has 0 saturated carbocycles. The Labute approximate surface area is 284 Å². The van der Waals surface area contributed by atoms with E-state index in [1.165, 1.54) is 13.8 Å². The van der Waals surface area contributed by atoms with Gasteiger partial charge in [-0.1, -0.05) is 48.5 Å². The molecule has 1 aromatic heterocycles. The van der Waals surface area contributed by atoms with Crippen LogP contribution in [0.15, 0.2) is 72.8 Å². The van der Waals surface area contributed by atoms with Crippen molar-refractivity contribution in [1.82, 2.24) is 0 Å². The molecule has 0 unspecified atom stereocenters. The number of nitrogens with zero attached hydrogens (tertiary/aromatic N) is 2. The molecule has 8 nitrogen and oxygen atoms in total. The van der Waals surface area contributed by atoms with Crippen LogP contribution in [0.4, 0.5) is 11.4 Å². The van der Waals surface area contributed by atoms with Crippen LogP contribution in [0.5, 0.6) is 11.5 Å². The predicted octanol–water partition coefficient (Wildman–Crippen LogP) is 7.87. The van der Waals surface area contributed by atoms with Crippen LogP contribution < -0.4 is 19.3 Å². The molecule has 7 rings (SSSR count). The molecule has 0 aliphatic carbocycles. The van der Waals surface area contributed by atoms with Crippen LogP contribution >= 0.6 is 34.5 Å². The van der Waals surface area contributed by atoms with Crippen molar-refractivity contribution in [3.05, 3.63) is 93.7 Å². The van der Waals surface area contributed by atoms with Gasteiger partial charge in [-0.25, -0.2) is 0 Å². The van der Waals surface area contributed by atoms with Crippen LogP contribution in [0.3, 0.4) is 0 Å². The third kappa shape index (κ3) is 5.32. The van der Waals surface area contributed by atoms with Gasteiger partial charge in [-0.3, -0.25) is 19.2 Å². The summed E-state index contributed by atoms with van der Waals surface area (Å²) in [5, 5.41) is 3.26. The summed E-state index contributed by atoms with van der Waals surface area (Å²) in [5.41, 5.74) is 3.09. The van der Waals surface area contributed by atoms with Crippen LogP contribution in [-0.2, 0) is 9.59 Å². The van der Waals surface area contributed by atoms with Gasteiger partial charge in [0, 0.05) is 73.4 Å². The average Bonchev–Trinajstić information content (AvgIpc) is 3.80. The fourth-order valence-electron chi connectivity index (χ4n) is 6.77. The summed E-state index contributed by atoms with van der Waals surface area (Å²) in [7, 11) is 0. The molecule has 0 bridgehead atoms. The van der Waals surface area contributed by atoms with Crippen LogP contribution in [0.2, 0.25) is 0 Å². The maximum atomic E-state index is 14.1. The molecule has 238 valence electrons. The second kappa shape index (κ2) is 12.3. The lowest BCUT2D eigenvalue weighted by Crippen LogP contribution is -2.30. The molecule has 2 atom stereocenters. The quantitative estimate of drug-likeness (QED) is 0.103. The van der Waals surface area contributed by atoms with E-state index >= 15 is 0 Å². The van der Waals surface area contributed by atoms with E-state index in [1.54, 1.807) is 34.1 Å². The maximum Gasteiger partial charge on any atom is 0.308 e. The summed E-state index contributed by atoms with van der Waals surface area (Å²) in [6.07, 6.45) is 0. The van der Waals surface area contributed by atoms with Crippen molar-refractivity contribution in [2.75, 3.05) is 34.6 Å². The number of benzene rings is 4. The van der Waals surface area contributed by atoms with Crippen molar-refractivity contribution in [3.63, 3.8) is 0 Å². The number of carbonyl (C=O) groups is 4. The maximum absolute atomic E-state index is 14.1. The normalized spacial score (nSPS) is 16.8. The first-order chi connectivity index (χ1) is 22.7. The molecular formula is C36H28Cl2N2O6S. The number of hydrogen-bond donors (Lipinski definition) is 0. The van der Waals surface area contributed by atoms with E-state index in [1.807, 2.05) is 48.5 Å². The fourth-order valence-corrected chi connectivity index (χ4v) is 8.18. The number of rotatable bonds is 6. The van der Waals surface area contributed by atoms with E-state index in [2.05, 4.69) is 0 Å². The molecule has 3 heterocycles. The topological polar surface area (TPSA) is 93.2 Å². The third-order valence-electron chi connectivity index (χ3n) is 8.65. The van der Waals surface area contributed by atoms with Gasteiger partial charge in [0.25, 0.3) is 11.8 Å². The number of hydrogen-bond acceptors (Lipinski definition) is 7. The van der Waals surface area contributed by atoms with Gasteiger partial charge in [0.2, 0.25) is 0 Å². The molecule has 0 saturated heterocycles. The number of halogens is 2. The Morgan fingerprint density at radius 2 is 1.04 bits per heavy atom. The van der Waals surface area contributed by atoms with Gasteiger partial charge >= 0.3 is 11.9 Å². The SMILES string of the molecule is CC(=O)Oc1cc2c(c3ccccc13)[C@H](CCl)CN2C(=O)c1ccc(C(=O)N2C[C@@H](CCl)c3c2cc(OC(C)=O)c2ccccc32)s1. The standard InChI is InChI=1S/C36H28Cl2N2O6S/c1-19(41)45-29-13-27-33(25-9-5-3-7-23(25)29)21(15-37)17-39(27)35(43)31-11-12-32(47-31)36(44)40-18-22(16-38)34-26-10-6-4-8-24(26)30(14-28(34)40)46-20(2)42/h3-14,21-22H,15-18H2,1-2H3/t21-,22-/m1/s1. The zero-order chi connectivity index (χ0) is 33.0. The highest BCUT2D eigenvalue weighted by atomic mass is 35.5. The van der Waals surface area contributed by atoms with Crippen molar-refractivity contribution in [1.29, 1.82) is 0 Å². The van der Waals surface area contributed by atoms with Crippen molar-refractivity contribution < 1.29 is 28.7 Å². The van der Waals surface area contributed by atoms with E-state index in [9.17, 15) is 19.2 Å². The van der Waals surface area contributed by atoms with Gasteiger partial charge in [-0.15, -0.1) is 34.5 Å². The summed E-state index contributed by atoms with van der Waals surface area (Å²) in [6.45, 7) is 3.36. The Hall–Kier alpha value is -4.44. The van der Waals surface area contributed by atoms with Crippen molar-refractivity contribution in [2.24, 2.45) is 0 Å². The van der Waals surface area contributed by atoms with E-state index in [0.29, 0.717) is 57.5 Å². The first-order valence-corrected chi connectivity index (χ1v) is 16.9. The Morgan fingerprint density at radius 3 is 1.40 bits per heavy atom.